The minimum Gasteiger partial charge on any atom is -0.337 e. The fourth-order valence-electron chi connectivity index (χ4n) is 4.15. The molecule has 1 aromatic heterocycles. The third kappa shape index (κ3) is 3.79. The van der Waals surface area contributed by atoms with E-state index >= 15 is 0 Å². The zero-order chi connectivity index (χ0) is 17.2. The van der Waals surface area contributed by atoms with Crippen molar-refractivity contribution < 1.29 is 4.79 Å². The lowest BCUT2D eigenvalue weighted by Gasteiger charge is -2.24. The third-order valence-electron chi connectivity index (χ3n) is 5.50. The Labute approximate surface area is 161 Å². The van der Waals surface area contributed by atoms with Crippen LogP contribution in [0.25, 0.3) is 0 Å². The highest BCUT2D eigenvalue weighted by Crippen LogP contribution is 2.23. The summed E-state index contributed by atoms with van der Waals surface area (Å²) in [7, 11) is 0. The average molecular weight is 375 g/mol. The van der Waals surface area contributed by atoms with Crippen molar-refractivity contribution in [2.45, 2.75) is 51.2 Å². The summed E-state index contributed by atoms with van der Waals surface area (Å²) in [5, 5.41) is 8.16. The standard InChI is InChI=1S/C20H26N4O.ClH/c1-2-19-18(12-21-24(19)13-15-6-4-3-5-7-15)20(25)23-11-10-16-8-9-17(14-23)22-16;/h3-7,12,16-17,22H,2,8-11,13-14H2,1H3;1H. The summed E-state index contributed by atoms with van der Waals surface area (Å²) in [6.45, 7) is 4.48. The first-order chi connectivity index (χ1) is 12.2. The second-order valence-corrected chi connectivity index (χ2v) is 7.18. The van der Waals surface area contributed by atoms with Gasteiger partial charge in [-0.15, -0.1) is 12.4 Å². The molecule has 0 saturated carbocycles. The number of likely N-dealkylation sites (tertiary alicyclic amines) is 1. The Balaban J connectivity index is 0.00000196. The molecule has 2 atom stereocenters. The van der Waals surface area contributed by atoms with Crippen LogP contribution in [0.2, 0.25) is 0 Å². The summed E-state index contributed by atoms with van der Waals surface area (Å²) >= 11 is 0. The lowest BCUT2D eigenvalue weighted by Crippen LogP contribution is -2.39. The number of rotatable bonds is 4. The summed E-state index contributed by atoms with van der Waals surface area (Å²) < 4.78 is 1.98. The first kappa shape index (κ1) is 18.9. The maximum atomic E-state index is 13.1. The Morgan fingerprint density at radius 2 is 1.96 bits per heavy atom. The summed E-state index contributed by atoms with van der Waals surface area (Å²) in [5.41, 5.74) is 3.02. The van der Waals surface area contributed by atoms with Gasteiger partial charge in [-0.25, -0.2) is 0 Å². The van der Waals surface area contributed by atoms with Crippen LogP contribution in [0.15, 0.2) is 36.5 Å². The molecule has 1 amide bonds. The van der Waals surface area contributed by atoms with Crippen LogP contribution in [-0.4, -0.2) is 45.8 Å². The summed E-state index contributed by atoms with van der Waals surface area (Å²) in [6.07, 6.45) is 6.07. The van der Waals surface area contributed by atoms with Gasteiger partial charge in [-0.2, -0.15) is 5.10 Å². The number of carbonyl (C=O) groups excluding carboxylic acids is 1. The first-order valence-corrected chi connectivity index (χ1v) is 9.38. The van der Waals surface area contributed by atoms with Gasteiger partial charge in [0.05, 0.1) is 24.0 Å². The molecule has 0 aliphatic carbocycles. The monoisotopic (exact) mass is 374 g/mol. The van der Waals surface area contributed by atoms with E-state index < -0.39 is 0 Å². The molecule has 1 N–H and O–H groups in total. The number of hydrogen-bond donors (Lipinski definition) is 1. The van der Waals surface area contributed by atoms with Crippen molar-refractivity contribution in [3.63, 3.8) is 0 Å². The largest absolute Gasteiger partial charge is 0.337 e. The van der Waals surface area contributed by atoms with Crippen LogP contribution >= 0.6 is 12.4 Å². The maximum absolute atomic E-state index is 13.1. The highest BCUT2D eigenvalue weighted by molar-refractivity contribution is 5.95. The predicted molar refractivity (Wildman–Crippen MR) is 105 cm³/mol. The molecule has 2 fully saturated rings. The second-order valence-electron chi connectivity index (χ2n) is 7.18. The van der Waals surface area contributed by atoms with Gasteiger partial charge in [0, 0.05) is 25.2 Å². The number of nitrogens with zero attached hydrogens (tertiary/aromatic N) is 3. The van der Waals surface area contributed by atoms with Gasteiger partial charge < -0.3 is 10.2 Å². The molecule has 3 heterocycles. The van der Waals surface area contributed by atoms with Gasteiger partial charge in [-0.05, 0) is 31.2 Å². The predicted octanol–water partition coefficient (Wildman–Crippen LogP) is 2.88. The van der Waals surface area contributed by atoms with Gasteiger partial charge in [0.1, 0.15) is 0 Å². The lowest BCUT2D eigenvalue weighted by molar-refractivity contribution is 0.0747. The smallest absolute Gasteiger partial charge is 0.257 e. The molecule has 6 heteroatoms. The van der Waals surface area contributed by atoms with Crippen LogP contribution < -0.4 is 5.32 Å². The molecular weight excluding hydrogens is 348 g/mol. The molecule has 5 nitrogen and oxygen atoms in total. The highest BCUT2D eigenvalue weighted by atomic mass is 35.5. The number of halogens is 1. The van der Waals surface area contributed by atoms with Gasteiger partial charge in [0.15, 0.2) is 0 Å². The van der Waals surface area contributed by atoms with Crippen molar-refractivity contribution in [1.82, 2.24) is 20.0 Å². The van der Waals surface area contributed by atoms with Gasteiger partial charge in [0.25, 0.3) is 5.91 Å². The van der Waals surface area contributed by atoms with Crippen LogP contribution in [0.3, 0.4) is 0 Å². The summed E-state index contributed by atoms with van der Waals surface area (Å²) in [6, 6.07) is 11.3. The van der Waals surface area contributed by atoms with Crippen LogP contribution in [0.4, 0.5) is 0 Å². The van der Waals surface area contributed by atoms with E-state index in [1.807, 2.05) is 27.8 Å². The van der Waals surface area contributed by atoms with E-state index in [0.717, 1.165) is 37.2 Å². The van der Waals surface area contributed by atoms with E-state index in [0.29, 0.717) is 18.6 Å². The Morgan fingerprint density at radius 1 is 1.19 bits per heavy atom. The summed E-state index contributed by atoms with van der Waals surface area (Å²) in [4.78, 5) is 15.1. The average Bonchev–Trinajstić information content (AvgIpc) is 3.18. The molecule has 1 aromatic carbocycles. The Morgan fingerprint density at radius 3 is 2.73 bits per heavy atom. The van der Waals surface area contributed by atoms with Crippen molar-refractivity contribution in [1.29, 1.82) is 0 Å². The van der Waals surface area contributed by atoms with Crippen molar-refractivity contribution >= 4 is 18.3 Å². The molecule has 2 saturated heterocycles. The zero-order valence-corrected chi connectivity index (χ0v) is 16.0. The van der Waals surface area contributed by atoms with Gasteiger partial charge in [-0.3, -0.25) is 9.48 Å². The second kappa shape index (κ2) is 8.23. The number of hydrogen-bond acceptors (Lipinski definition) is 3. The van der Waals surface area contributed by atoms with Crippen molar-refractivity contribution in [3.05, 3.63) is 53.3 Å². The molecule has 26 heavy (non-hydrogen) atoms. The Bertz CT molecular complexity index is 746. The molecule has 2 unspecified atom stereocenters. The third-order valence-corrected chi connectivity index (χ3v) is 5.50. The number of fused-ring (bicyclic) bond motifs is 2. The van der Waals surface area contributed by atoms with Crippen LogP contribution in [-0.2, 0) is 13.0 Å². The molecule has 2 aliphatic rings. The van der Waals surface area contributed by atoms with E-state index in [2.05, 4.69) is 29.5 Å². The minimum absolute atomic E-state index is 0. The maximum Gasteiger partial charge on any atom is 0.257 e. The van der Waals surface area contributed by atoms with Crippen LogP contribution in [0.1, 0.15) is 47.8 Å². The molecule has 2 aromatic rings. The van der Waals surface area contributed by atoms with E-state index in [1.165, 1.54) is 18.4 Å². The minimum atomic E-state index is 0. The number of aromatic nitrogens is 2. The fourth-order valence-corrected chi connectivity index (χ4v) is 4.15. The van der Waals surface area contributed by atoms with Crippen molar-refractivity contribution in [3.8, 4) is 0 Å². The molecule has 2 aliphatic heterocycles. The highest BCUT2D eigenvalue weighted by Gasteiger charge is 2.32. The Kier molecular flexibility index (Phi) is 5.99. The first-order valence-electron chi connectivity index (χ1n) is 9.38. The van der Waals surface area contributed by atoms with E-state index in [9.17, 15) is 4.79 Å². The molecule has 2 bridgehead atoms. The van der Waals surface area contributed by atoms with Crippen LogP contribution in [0, 0.1) is 0 Å². The number of benzene rings is 1. The molecule has 140 valence electrons. The Hall–Kier alpha value is -1.85. The lowest BCUT2D eigenvalue weighted by atomic mass is 10.1. The van der Waals surface area contributed by atoms with Crippen LogP contribution in [0.5, 0.6) is 0 Å². The molecular formula is C20H27ClN4O. The number of amides is 1. The topological polar surface area (TPSA) is 50.2 Å². The summed E-state index contributed by atoms with van der Waals surface area (Å²) in [5.74, 6) is 0.144. The SMILES string of the molecule is CCc1c(C(=O)N2CCC3CCC(C2)N3)cnn1Cc1ccccc1.Cl. The van der Waals surface area contributed by atoms with Gasteiger partial charge in [0.2, 0.25) is 0 Å². The van der Waals surface area contributed by atoms with Gasteiger partial charge >= 0.3 is 0 Å². The van der Waals surface area contributed by atoms with Crippen molar-refractivity contribution in [2.75, 3.05) is 13.1 Å². The van der Waals surface area contributed by atoms with Crippen molar-refractivity contribution in [2.24, 2.45) is 0 Å². The fraction of sp³-hybridized carbons (Fsp3) is 0.500. The normalized spacial score (nSPS) is 22.0. The number of carbonyl (C=O) groups is 1. The quantitative estimate of drug-likeness (QED) is 0.895. The molecule has 0 radical (unpaired) electrons. The number of nitrogens with one attached hydrogen (secondary N) is 1. The molecule has 0 spiro atoms. The van der Waals surface area contributed by atoms with E-state index in [1.54, 1.807) is 6.20 Å². The van der Waals surface area contributed by atoms with E-state index in [4.69, 9.17) is 0 Å². The van der Waals surface area contributed by atoms with E-state index in [-0.39, 0.29) is 18.3 Å². The van der Waals surface area contributed by atoms with Gasteiger partial charge in [-0.1, -0.05) is 37.3 Å². The molecule has 4 rings (SSSR count). The zero-order valence-electron chi connectivity index (χ0n) is 15.2.